The number of rotatable bonds is 4. The van der Waals surface area contributed by atoms with Crippen LogP contribution in [0.4, 0.5) is 0 Å². The summed E-state index contributed by atoms with van der Waals surface area (Å²) in [6.07, 6.45) is 0.575. The van der Waals surface area contributed by atoms with Gasteiger partial charge in [0.2, 0.25) is 11.7 Å². The van der Waals surface area contributed by atoms with Crippen LogP contribution >= 0.6 is 11.3 Å². The Balaban J connectivity index is 1.74. The van der Waals surface area contributed by atoms with Crippen molar-refractivity contribution in [2.75, 3.05) is 0 Å². The maximum atomic E-state index is 9.25. The van der Waals surface area contributed by atoms with Gasteiger partial charge in [-0.3, -0.25) is 0 Å². The average molecular weight is 287 g/mol. The van der Waals surface area contributed by atoms with E-state index in [1.807, 2.05) is 29.0 Å². The fraction of sp³-hybridized carbons (Fsp3) is 0.143. The van der Waals surface area contributed by atoms with Gasteiger partial charge in [0.1, 0.15) is 5.75 Å². The Morgan fingerprint density at radius 3 is 2.75 bits per heavy atom. The van der Waals surface area contributed by atoms with E-state index < -0.39 is 0 Å². The first-order chi connectivity index (χ1) is 9.72. The van der Waals surface area contributed by atoms with E-state index in [-0.39, 0.29) is 11.8 Å². The molecule has 0 aliphatic heterocycles. The van der Waals surface area contributed by atoms with Gasteiger partial charge >= 0.3 is 0 Å². The number of aromatic hydroxyl groups is 1. The normalized spacial score (nSPS) is 12.4. The topological polar surface area (TPSA) is 85.2 Å². The molecule has 0 aliphatic rings. The van der Waals surface area contributed by atoms with E-state index in [9.17, 15) is 5.11 Å². The smallest absolute Gasteiger partial charge is 0.244 e. The van der Waals surface area contributed by atoms with Crippen molar-refractivity contribution < 1.29 is 9.63 Å². The number of nitrogens with zero attached hydrogens (tertiary/aromatic N) is 2. The third-order valence-electron chi connectivity index (χ3n) is 2.93. The van der Waals surface area contributed by atoms with E-state index in [4.69, 9.17) is 10.3 Å². The highest BCUT2D eigenvalue weighted by atomic mass is 32.1. The molecule has 102 valence electrons. The predicted molar refractivity (Wildman–Crippen MR) is 76.4 cm³/mol. The van der Waals surface area contributed by atoms with Gasteiger partial charge in [-0.15, -0.1) is 0 Å². The first-order valence-corrected chi connectivity index (χ1v) is 7.06. The van der Waals surface area contributed by atoms with E-state index >= 15 is 0 Å². The molecule has 2 aromatic heterocycles. The van der Waals surface area contributed by atoms with Gasteiger partial charge in [-0.2, -0.15) is 16.3 Å². The summed E-state index contributed by atoms with van der Waals surface area (Å²) >= 11 is 1.58. The molecule has 1 aromatic carbocycles. The summed E-state index contributed by atoms with van der Waals surface area (Å²) in [6.45, 7) is 0. The molecule has 20 heavy (non-hydrogen) atoms. The molecular formula is C14H13N3O2S. The molecule has 0 unspecified atom stereocenters. The van der Waals surface area contributed by atoms with Crippen LogP contribution in [0.5, 0.6) is 5.75 Å². The highest BCUT2D eigenvalue weighted by molar-refractivity contribution is 7.08. The van der Waals surface area contributed by atoms with E-state index in [0.717, 1.165) is 11.1 Å². The van der Waals surface area contributed by atoms with E-state index in [0.29, 0.717) is 18.1 Å². The highest BCUT2D eigenvalue weighted by Gasteiger charge is 2.16. The minimum atomic E-state index is -0.362. The average Bonchev–Trinajstić information content (AvgIpc) is 3.11. The Labute approximate surface area is 119 Å². The molecular weight excluding hydrogens is 274 g/mol. The van der Waals surface area contributed by atoms with Crippen molar-refractivity contribution in [3.05, 3.63) is 52.5 Å². The summed E-state index contributed by atoms with van der Waals surface area (Å²) in [5, 5.41) is 17.1. The van der Waals surface area contributed by atoms with Crippen molar-refractivity contribution in [3.8, 4) is 17.1 Å². The second-order valence-electron chi connectivity index (χ2n) is 4.45. The van der Waals surface area contributed by atoms with Crippen LogP contribution in [0.3, 0.4) is 0 Å². The lowest BCUT2D eigenvalue weighted by atomic mass is 10.1. The van der Waals surface area contributed by atoms with Crippen molar-refractivity contribution in [2.45, 2.75) is 12.5 Å². The van der Waals surface area contributed by atoms with E-state index in [2.05, 4.69) is 10.1 Å². The fourth-order valence-electron chi connectivity index (χ4n) is 1.87. The van der Waals surface area contributed by atoms with Crippen molar-refractivity contribution in [1.82, 2.24) is 10.1 Å². The summed E-state index contributed by atoms with van der Waals surface area (Å²) in [5.41, 5.74) is 8.01. The summed E-state index contributed by atoms with van der Waals surface area (Å²) in [6, 6.07) is 8.49. The molecule has 2 heterocycles. The van der Waals surface area contributed by atoms with Crippen LogP contribution in [-0.2, 0) is 6.42 Å². The summed E-state index contributed by atoms with van der Waals surface area (Å²) in [7, 11) is 0. The van der Waals surface area contributed by atoms with Crippen molar-refractivity contribution in [3.63, 3.8) is 0 Å². The number of hydrogen-bond acceptors (Lipinski definition) is 6. The zero-order chi connectivity index (χ0) is 13.9. The van der Waals surface area contributed by atoms with Gasteiger partial charge < -0.3 is 15.4 Å². The Kier molecular flexibility index (Phi) is 3.49. The number of hydrogen-bond donors (Lipinski definition) is 2. The quantitative estimate of drug-likeness (QED) is 0.770. The van der Waals surface area contributed by atoms with Crippen LogP contribution in [0, 0.1) is 0 Å². The Morgan fingerprint density at radius 2 is 2.05 bits per heavy atom. The first-order valence-electron chi connectivity index (χ1n) is 6.12. The Morgan fingerprint density at radius 1 is 1.25 bits per heavy atom. The van der Waals surface area contributed by atoms with Crippen LogP contribution in [0.25, 0.3) is 11.4 Å². The zero-order valence-corrected chi connectivity index (χ0v) is 11.4. The number of thiophene rings is 1. The predicted octanol–water partition coefficient (Wildman–Crippen LogP) is 2.75. The maximum Gasteiger partial charge on any atom is 0.244 e. The van der Waals surface area contributed by atoms with Gasteiger partial charge in [0.05, 0.1) is 6.04 Å². The summed E-state index contributed by atoms with van der Waals surface area (Å²) in [5.74, 6) is 1.21. The van der Waals surface area contributed by atoms with Crippen molar-refractivity contribution in [1.29, 1.82) is 0 Å². The molecule has 0 spiro atoms. The van der Waals surface area contributed by atoms with Gasteiger partial charge in [0, 0.05) is 10.9 Å². The minimum absolute atomic E-state index is 0.236. The van der Waals surface area contributed by atoms with E-state index in [1.165, 1.54) is 0 Å². The number of aromatic nitrogens is 2. The van der Waals surface area contributed by atoms with Gasteiger partial charge in [0.25, 0.3) is 0 Å². The summed E-state index contributed by atoms with van der Waals surface area (Å²) < 4.78 is 5.22. The van der Waals surface area contributed by atoms with Crippen LogP contribution in [-0.4, -0.2) is 15.2 Å². The lowest BCUT2D eigenvalue weighted by Crippen LogP contribution is -2.13. The number of benzene rings is 1. The maximum absolute atomic E-state index is 9.25. The van der Waals surface area contributed by atoms with Gasteiger partial charge in [-0.1, -0.05) is 17.3 Å². The fourth-order valence-corrected chi connectivity index (χ4v) is 2.50. The minimum Gasteiger partial charge on any atom is -0.508 e. The monoisotopic (exact) mass is 287 g/mol. The van der Waals surface area contributed by atoms with Crippen LogP contribution < -0.4 is 5.73 Å². The Hall–Kier alpha value is -2.18. The summed E-state index contributed by atoms with van der Waals surface area (Å²) in [4.78, 5) is 4.32. The zero-order valence-electron chi connectivity index (χ0n) is 10.6. The number of nitrogens with two attached hydrogens (primary N) is 1. The molecule has 0 radical (unpaired) electrons. The largest absolute Gasteiger partial charge is 0.508 e. The second kappa shape index (κ2) is 5.44. The number of phenolic OH excluding ortho intramolecular Hbond substituents is 1. The van der Waals surface area contributed by atoms with Crippen LogP contribution in [0.1, 0.15) is 17.5 Å². The SMILES string of the molecule is N[C@H](Cc1ccc(O)cc1)c1nc(-c2ccsc2)no1. The number of phenols is 1. The molecule has 3 rings (SSSR count). The van der Waals surface area contributed by atoms with Gasteiger partial charge in [0.15, 0.2) is 0 Å². The van der Waals surface area contributed by atoms with Crippen LogP contribution in [0.2, 0.25) is 0 Å². The van der Waals surface area contributed by atoms with Crippen molar-refractivity contribution in [2.24, 2.45) is 5.73 Å². The molecule has 0 aliphatic carbocycles. The molecule has 3 N–H and O–H groups in total. The lowest BCUT2D eigenvalue weighted by molar-refractivity contribution is 0.354. The highest BCUT2D eigenvalue weighted by Crippen LogP contribution is 2.22. The second-order valence-corrected chi connectivity index (χ2v) is 5.23. The molecule has 3 aromatic rings. The van der Waals surface area contributed by atoms with Crippen molar-refractivity contribution >= 4 is 11.3 Å². The third kappa shape index (κ3) is 2.71. The Bertz CT molecular complexity index is 677. The molecule has 5 nitrogen and oxygen atoms in total. The molecule has 0 fully saturated rings. The molecule has 1 atom stereocenters. The molecule has 6 heteroatoms. The standard InChI is InChI=1S/C14H13N3O2S/c15-12(7-9-1-3-11(18)4-2-9)14-16-13(17-19-14)10-5-6-20-8-10/h1-6,8,12,18H,7,15H2/t12-/m1/s1. The van der Waals surface area contributed by atoms with Crippen LogP contribution in [0.15, 0.2) is 45.6 Å². The molecule has 0 bridgehead atoms. The molecule has 0 saturated heterocycles. The van der Waals surface area contributed by atoms with E-state index in [1.54, 1.807) is 23.5 Å². The first kappa shape index (κ1) is 12.8. The molecule has 0 saturated carbocycles. The molecule has 0 amide bonds. The third-order valence-corrected chi connectivity index (χ3v) is 3.61. The lowest BCUT2D eigenvalue weighted by Gasteiger charge is -2.06. The van der Waals surface area contributed by atoms with Gasteiger partial charge in [-0.25, -0.2) is 0 Å². The van der Waals surface area contributed by atoms with Gasteiger partial charge in [-0.05, 0) is 35.6 Å².